The minimum atomic E-state index is -0.518. The molecule has 1 fully saturated rings. The fraction of sp³-hybridized carbons (Fsp3) is 0.600. The molecule has 2 N–H and O–H groups in total. The van der Waals surface area contributed by atoms with Crippen molar-refractivity contribution in [3.8, 4) is 0 Å². The number of nitrogens with zero attached hydrogens (tertiary/aromatic N) is 1. The van der Waals surface area contributed by atoms with Crippen molar-refractivity contribution in [2.45, 2.75) is 38.8 Å². The predicted molar refractivity (Wildman–Crippen MR) is 84.5 cm³/mol. The van der Waals surface area contributed by atoms with Crippen molar-refractivity contribution in [3.05, 3.63) is 22.4 Å². The molecule has 0 bridgehead atoms. The number of carbonyl (C=O) groups is 2. The van der Waals surface area contributed by atoms with Gasteiger partial charge in [0, 0.05) is 19.1 Å². The summed E-state index contributed by atoms with van der Waals surface area (Å²) in [6.07, 6.45) is 2.55. The molecule has 1 aliphatic rings. The molecule has 0 unspecified atom stereocenters. The van der Waals surface area contributed by atoms with Crippen LogP contribution >= 0.6 is 11.3 Å². The summed E-state index contributed by atoms with van der Waals surface area (Å²) in [5.74, 6) is -0.326. The van der Waals surface area contributed by atoms with Gasteiger partial charge in [-0.15, -0.1) is 11.3 Å². The Hall–Kier alpha value is -1.40. The first-order valence-corrected chi connectivity index (χ1v) is 8.36. The van der Waals surface area contributed by atoms with Gasteiger partial charge in [0.2, 0.25) is 5.91 Å². The minimum Gasteiger partial charge on any atom is -0.353 e. The van der Waals surface area contributed by atoms with Crippen molar-refractivity contribution in [1.29, 1.82) is 0 Å². The van der Waals surface area contributed by atoms with Crippen molar-refractivity contribution in [3.63, 3.8) is 0 Å². The molecule has 6 heteroatoms. The van der Waals surface area contributed by atoms with Crippen LogP contribution in [0.25, 0.3) is 0 Å². The van der Waals surface area contributed by atoms with Gasteiger partial charge in [-0.2, -0.15) is 0 Å². The van der Waals surface area contributed by atoms with Crippen LogP contribution in [-0.2, 0) is 4.79 Å². The Labute approximate surface area is 129 Å². The Bertz CT molecular complexity index is 471. The molecule has 1 aliphatic carbocycles. The summed E-state index contributed by atoms with van der Waals surface area (Å²) in [5.41, 5.74) is 0. The number of thiophene rings is 1. The average molecular weight is 309 g/mol. The molecule has 1 atom stereocenters. The Morgan fingerprint density at radius 1 is 1.48 bits per heavy atom. The van der Waals surface area contributed by atoms with Crippen LogP contribution in [-0.4, -0.2) is 48.4 Å². The molecule has 1 aromatic heterocycles. The van der Waals surface area contributed by atoms with E-state index < -0.39 is 6.04 Å². The van der Waals surface area contributed by atoms with E-state index in [9.17, 15) is 9.59 Å². The van der Waals surface area contributed by atoms with Crippen LogP contribution in [0, 0.1) is 0 Å². The van der Waals surface area contributed by atoms with Gasteiger partial charge in [0.25, 0.3) is 5.91 Å². The normalized spacial score (nSPS) is 15.8. The van der Waals surface area contributed by atoms with Gasteiger partial charge < -0.3 is 10.6 Å². The van der Waals surface area contributed by atoms with E-state index in [1.165, 1.54) is 24.2 Å². The molecular formula is C15H23N3O2S. The molecule has 0 spiro atoms. The monoisotopic (exact) mass is 309 g/mol. The molecule has 1 saturated carbocycles. The van der Waals surface area contributed by atoms with Gasteiger partial charge in [-0.1, -0.05) is 13.0 Å². The maximum atomic E-state index is 12.0. The lowest BCUT2D eigenvalue weighted by molar-refractivity contribution is -0.122. The first-order chi connectivity index (χ1) is 10.1. The van der Waals surface area contributed by atoms with Gasteiger partial charge in [-0.3, -0.25) is 14.5 Å². The van der Waals surface area contributed by atoms with Crippen LogP contribution in [0.3, 0.4) is 0 Å². The topological polar surface area (TPSA) is 61.4 Å². The lowest BCUT2D eigenvalue weighted by atomic mass is 10.3. The average Bonchev–Trinajstić information content (AvgIpc) is 3.16. The number of hydrogen-bond donors (Lipinski definition) is 2. The fourth-order valence-electron chi connectivity index (χ4n) is 2.26. The van der Waals surface area contributed by atoms with Gasteiger partial charge in [0.1, 0.15) is 6.04 Å². The van der Waals surface area contributed by atoms with Crippen LogP contribution in [0.1, 0.15) is 36.4 Å². The number of hydrogen-bond acceptors (Lipinski definition) is 4. The van der Waals surface area contributed by atoms with Crippen LogP contribution in [0.2, 0.25) is 0 Å². The van der Waals surface area contributed by atoms with Crippen LogP contribution < -0.4 is 10.6 Å². The van der Waals surface area contributed by atoms with E-state index in [0.717, 1.165) is 13.1 Å². The van der Waals surface area contributed by atoms with Crippen LogP contribution in [0.15, 0.2) is 17.5 Å². The highest BCUT2D eigenvalue weighted by atomic mass is 32.1. The second-order valence-electron chi connectivity index (χ2n) is 5.32. The zero-order chi connectivity index (χ0) is 15.2. The molecule has 116 valence electrons. The zero-order valence-corrected chi connectivity index (χ0v) is 13.4. The molecular weight excluding hydrogens is 286 g/mol. The summed E-state index contributed by atoms with van der Waals surface area (Å²) in [6.45, 7) is 6.37. The summed E-state index contributed by atoms with van der Waals surface area (Å²) in [5, 5.41) is 7.45. The number of amides is 2. The summed E-state index contributed by atoms with van der Waals surface area (Å²) < 4.78 is 0. The fourth-order valence-corrected chi connectivity index (χ4v) is 2.88. The van der Waals surface area contributed by atoms with Crippen molar-refractivity contribution in [2.24, 2.45) is 0 Å². The second kappa shape index (κ2) is 7.56. The number of carbonyl (C=O) groups excluding carboxylic acids is 2. The third kappa shape index (κ3) is 4.82. The van der Waals surface area contributed by atoms with Crippen molar-refractivity contribution in [1.82, 2.24) is 15.5 Å². The maximum absolute atomic E-state index is 12.0. The smallest absolute Gasteiger partial charge is 0.261 e. The Kier molecular flexibility index (Phi) is 5.76. The van der Waals surface area contributed by atoms with Crippen LogP contribution in [0.4, 0.5) is 0 Å². The molecule has 0 aliphatic heterocycles. The van der Waals surface area contributed by atoms with Gasteiger partial charge in [-0.25, -0.2) is 0 Å². The third-order valence-corrected chi connectivity index (χ3v) is 4.52. The molecule has 0 radical (unpaired) electrons. The molecule has 21 heavy (non-hydrogen) atoms. The van der Waals surface area contributed by atoms with Crippen LogP contribution in [0.5, 0.6) is 0 Å². The maximum Gasteiger partial charge on any atom is 0.261 e. The highest BCUT2D eigenvalue weighted by Crippen LogP contribution is 2.25. The lowest BCUT2D eigenvalue weighted by Crippen LogP contribution is -2.46. The van der Waals surface area contributed by atoms with E-state index in [2.05, 4.69) is 22.5 Å². The minimum absolute atomic E-state index is 0.133. The molecule has 0 aromatic carbocycles. The summed E-state index contributed by atoms with van der Waals surface area (Å²) in [6, 6.07) is 3.76. The molecule has 1 aromatic rings. The third-order valence-electron chi connectivity index (χ3n) is 3.65. The molecule has 1 heterocycles. The summed E-state index contributed by atoms with van der Waals surface area (Å²) in [7, 11) is 0. The van der Waals surface area contributed by atoms with E-state index in [1.54, 1.807) is 13.0 Å². The highest BCUT2D eigenvalue weighted by molar-refractivity contribution is 7.12. The second-order valence-corrected chi connectivity index (χ2v) is 6.27. The van der Waals surface area contributed by atoms with E-state index in [4.69, 9.17) is 0 Å². The van der Waals surface area contributed by atoms with E-state index in [0.29, 0.717) is 17.5 Å². The molecule has 5 nitrogen and oxygen atoms in total. The lowest BCUT2D eigenvalue weighted by Gasteiger charge is -2.20. The van der Waals surface area contributed by atoms with Gasteiger partial charge in [0.15, 0.2) is 0 Å². The van der Waals surface area contributed by atoms with E-state index in [1.807, 2.05) is 11.4 Å². The first kappa shape index (κ1) is 16.0. The Morgan fingerprint density at radius 2 is 2.24 bits per heavy atom. The summed E-state index contributed by atoms with van der Waals surface area (Å²) in [4.78, 5) is 26.8. The van der Waals surface area contributed by atoms with Crippen molar-refractivity contribution >= 4 is 23.2 Å². The largest absolute Gasteiger partial charge is 0.353 e. The van der Waals surface area contributed by atoms with Gasteiger partial charge >= 0.3 is 0 Å². The van der Waals surface area contributed by atoms with Gasteiger partial charge in [-0.05, 0) is 37.8 Å². The Morgan fingerprint density at radius 3 is 2.81 bits per heavy atom. The predicted octanol–water partition coefficient (Wildman–Crippen LogP) is 1.47. The molecule has 0 saturated heterocycles. The van der Waals surface area contributed by atoms with E-state index >= 15 is 0 Å². The standard InChI is InChI=1S/C15H23N3O2S/c1-3-18(12-6-7-12)9-8-16-14(19)11(2)17-15(20)13-5-4-10-21-13/h4-5,10-12H,3,6-9H2,1-2H3,(H,16,19)(H,17,20)/t11-/m0/s1. The first-order valence-electron chi connectivity index (χ1n) is 7.48. The molecule has 2 rings (SSSR count). The SMILES string of the molecule is CCN(CCNC(=O)[C@H](C)NC(=O)c1cccs1)C1CC1. The van der Waals surface area contributed by atoms with Gasteiger partial charge in [0.05, 0.1) is 4.88 Å². The quantitative estimate of drug-likeness (QED) is 0.764. The van der Waals surface area contributed by atoms with E-state index in [-0.39, 0.29) is 11.8 Å². The summed E-state index contributed by atoms with van der Waals surface area (Å²) >= 11 is 1.37. The van der Waals surface area contributed by atoms with Crippen molar-refractivity contribution < 1.29 is 9.59 Å². The molecule has 2 amide bonds. The Balaban J connectivity index is 1.68. The zero-order valence-electron chi connectivity index (χ0n) is 12.6. The number of nitrogens with one attached hydrogen (secondary N) is 2. The van der Waals surface area contributed by atoms with Crippen molar-refractivity contribution in [2.75, 3.05) is 19.6 Å². The number of likely N-dealkylation sites (N-methyl/N-ethyl adjacent to an activating group) is 1. The number of rotatable bonds is 8. The highest BCUT2D eigenvalue weighted by Gasteiger charge is 2.27.